The molecule has 8 heteroatoms. The molecule has 2 unspecified atom stereocenters. The van der Waals surface area contributed by atoms with Gasteiger partial charge in [0.1, 0.15) is 29.6 Å². The topological polar surface area (TPSA) is 52.5 Å². The van der Waals surface area contributed by atoms with E-state index in [1.807, 2.05) is 28.9 Å². The molecular formula is C22H23ClFN3O2S. The maximum absolute atomic E-state index is 14.2. The van der Waals surface area contributed by atoms with Gasteiger partial charge in [-0.15, -0.1) is 0 Å². The molecule has 0 radical (unpaired) electrons. The van der Waals surface area contributed by atoms with E-state index in [9.17, 15) is 4.39 Å². The summed E-state index contributed by atoms with van der Waals surface area (Å²) in [7, 11) is 1.63. The summed E-state index contributed by atoms with van der Waals surface area (Å²) in [6, 6.07) is 12.2. The van der Waals surface area contributed by atoms with Crippen LogP contribution in [-0.2, 0) is 16.9 Å². The molecule has 1 saturated heterocycles. The zero-order valence-corrected chi connectivity index (χ0v) is 18.4. The third-order valence-electron chi connectivity index (χ3n) is 5.16. The summed E-state index contributed by atoms with van der Waals surface area (Å²) in [5.74, 6) is 1.35. The summed E-state index contributed by atoms with van der Waals surface area (Å²) < 4.78 is 27.5. The SMILES string of the molecule is CCCCSc1ncnn1CC1(c2cc(F)cc(Cl)c2)OC1c1ccc(OC)cc1. The number of epoxide rings is 1. The van der Waals surface area contributed by atoms with Gasteiger partial charge in [-0.05, 0) is 47.9 Å². The van der Waals surface area contributed by atoms with Gasteiger partial charge >= 0.3 is 0 Å². The smallest absolute Gasteiger partial charge is 0.186 e. The van der Waals surface area contributed by atoms with Crippen molar-refractivity contribution in [3.05, 3.63) is 70.8 Å². The van der Waals surface area contributed by atoms with Crippen molar-refractivity contribution in [2.45, 2.75) is 43.2 Å². The van der Waals surface area contributed by atoms with Crippen molar-refractivity contribution in [2.75, 3.05) is 12.9 Å². The number of thioether (sulfide) groups is 1. The van der Waals surface area contributed by atoms with Crippen LogP contribution in [0.1, 0.15) is 37.0 Å². The Bertz CT molecular complexity index is 994. The van der Waals surface area contributed by atoms with Crippen LogP contribution >= 0.6 is 23.4 Å². The number of rotatable bonds is 9. The molecule has 0 amide bonds. The molecule has 158 valence electrons. The number of ether oxygens (including phenoxy) is 2. The van der Waals surface area contributed by atoms with Gasteiger partial charge in [0.05, 0.1) is 13.7 Å². The standard InChI is InChI=1S/C22H23ClFN3O2S/c1-3-4-9-30-21-25-14-26-27(21)13-22(16-10-17(23)12-18(24)11-16)20(29-22)15-5-7-19(28-2)8-6-15/h5-8,10-12,14,20H,3-4,9,13H2,1-2H3. The fourth-order valence-corrected chi connectivity index (χ4v) is 4.75. The molecule has 0 spiro atoms. The summed E-state index contributed by atoms with van der Waals surface area (Å²) in [5, 5.41) is 5.57. The number of aromatic nitrogens is 3. The van der Waals surface area contributed by atoms with Crippen LogP contribution in [0.5, 0.6) is 5.75 Å². The first-order valence-corrected chi connectivity index (χ1v) is 11.2. The highest BCUT2D eigenvalue weighted by Gasteiger charge is 2.59. The van der Waals surface area contributed by atoms with Gasteiger partial charge in [-0.3, -0.25) is 0 Å². The van der Waals surface area contributed by atoms with Crippen molar-refractivity contribution in [3.63, 3.8) is 0 Å². The van der Waals surface area contributed by atoms with Gasteiger partial charge in [-0.2, -0.15) is 5.10 Å². The van der Waals surface area contributed by atoms with Crippen LogP contribution in [0.2, 0.25) is 5.02 Å². The number of methoxy groups -OCH3 is 1. The minimum atomic E-state index is -0.770. The highest BCUT2D eigenvalue weighted by molar-refractivity contribution is 7.99. The van der Waals surface area contributed by atoms with Crippen LogP contribution in [0.25, 0.3) is 0 Å². The second kappa shape index (κ2) is 8.96. The lowest BCUT2D eigenvalue weighted by atomic mass is 9.91. The monoisotopic (exact) mass is 447 g/mol. The summed E-state index contributed by atoms with van der Waals surface area (Å²) >= 11 is 7.83. The van der Waals surface area contributed by atoms with Gasteiger partial charge in [-0.1, -0.05) is 48.8 Å². The molecule has 0 bridgehead atoms. The highest BCUT2D eigenvalue weighted by Crippen LogP contribution is 2.58. The number of benzene rings is 2. The second-order valence-electron chi connectivity index (χ2n) is 7.22. The third kappa shape index (κ3) is 4.33. The minimum absolute atomic E-state index is 0.251. The number of unbranched alkanes of at least 4 members (excludes halogenated alkanes) is 1. The predicted octanol–water partition coefficient (Wildman–Crippen LogP) is 5.64. The minimum Gasteiger partial charge on any atom is -0.497 e. The molecule has 1 aromatic heterocycles. The number of halogens is 2. The van der Waals surface area contributed by atoms with Crippen molar-refractivity contribution < 1.29 is 13.9 Å². The Morgan fingerprint density at radius 1 is 1.27 bits per heavy atom. The fourth-order valence-electron chi connectivity index (χ4n) is 3.53. The summed E-state index contributed by atoms with van der Waals surface area (Å²) in [6.45, 7) is 2.57. The number of hydrogen-bond donors (Lipinski definition) is 0. The lowest BCUT2D eigenvalue weighted by molar-refractivity contribution is 0.256. The van der Waals surface area contributed by atoms with Gasteiger partial charge < -0.3 is 9.47 Å². The Balaban J connectivity index is 1.67. The molecule has 0 N–H and O–H groups in total. The maximum Gasteiger partial charge on any atom is 0.186 e. The third-order valence-corrected chi connectivity index (χ3v) is 6.44. The zero-order valence-electron chi connectivity index (χ0n) is 16.8. The van der Waals surface area contributed by atoms with Crippen LogP contribution in [-0.4, -0.2) is 27.6 Å². The molecule has 0 aliphatic carbocycles. The molecule has 5 nitrogen and oxygen atoms in total. The zero-order chi connectivity index (χ0) is 21.1. The van der Waals surface area contributed by atoms with Crippen LogP contribution in [0, 0.1) is 5.82 Å². The molecule has 1 aliphatic heterocycles. The van der Waals surface area contributed by atoms with Crippen LogP contribution < -0.4 is 4.74 Å². The predicted molar refractivity (Wildman–Crippen MR) is 116 cm³/mol. The van der Waals surface area contributed by atoms with Crippen molar-refractivity contribution in [3.8, 4) is 5.75 Å². The van der Waals surface area contributed by atoms with Crippen molar-refractivity contribution >= 4 is 23.4 Å². The summed E-state index contributed by atoms with van der Waals surface area (Å²) in [4.78, 5) is 4.39. The number of nitrogens with zero attached hydrogens (tertiary/aromatic N) is 3. The molecule has 2 atom stereocenters. The first-order valence-electron chi connectivity index (χ1n) is 9.84. The first-order chi connectivity index (χ1) is 14.6. The van der Waals surface area contributed by atoms with E-state index >= 15 is 0 Å². The van der Waals surface area contributed by atoms with E-state index in [1.54, 1.807) is 31.3 Å². The van der Waals surface area contributed by atoms with Crippen molar-refractivity contribution in [1.29, 1.82) is 0 Å². The van der Waals surface area contributed by atoms with Crippen LogP contribution in [0.15, 0.2) is 53.9 Å². The largest absolute Gasteiger partial charge is 0.497 e. The van der Waals surface area contributed by atoms with Gasteiger partial charge in [0.25, 0.3) is 0 Å². The van der Waals surface area contributed by atoms with Gasteiger partial charge in [0, 0.05) is 10.8 Å². The van der Waals surface area contributed by atoms with Gasteiger partial charge in [-0.25, -0.2) is 14.1 Å². The summed E-state index contributed by atoms with van der Waals surface area (Å²) in [6.07, 6.45) is 3.52. The Labute approximate surface area is 184 Å². The quantitative estimate of drug-likeness (QED) is 0.241. The molecular weight excluding hydrogens is 425 g/mol. The average Bonchev–Trinajstić information content (AvgIpc) is 3.31. The molecule has 3 aromatic rings. The lowest BCUT2D eigenvalue weighted by Gasteiger charge is -2.16. The van der Waals surface area contributed by atoms with Crippen molar-refractivity contribution in [1.82, 2.24) is 14.8 Å². The molecule has 1 aliphatic rings. The van der Waals surface area contributed by atoms with E-state index in [-0.39, 0.29) is 6.10 Å². The van der Waals surface area contributed by atoms with Gasteiger partial charge in [0.15, 0.2) is 5.16 Å². The Hall–Kier alpha value is -2.09. The van der Waals surface area contributed by atoms with E-state index < -0.39 is 11.4 Å². The van der Waals surface area contributed by atoms with Crippen molar-refractivity contribution in [2.24, 2.45) is 0 Å². The van der Waals surface area contributed by atoms with E-state index in [0.29, 0.717) is 17.1 Å². The molecule has 0 saturated carbocycles. The summed E-state index contributed by atoms with van der Waals surface area (Å²) in [5.41, 5.74) is 0.901. The molecule has 1 fully saturated rings. The molecule has 30 heavy (non-hydrogen) atoms. The lowest BCUT2D eigenvalue weighted by Crippen LogP contribution is -2.21. The van der Waals surface area contributed by atoms with E-state index in [4.69, 9.17) is 21.1 Å². The van der Waals surface area contributed by atoms with E-state index in [0.717, 1.165) is 35.1 Å². The Morgan fingerprint density at radius 3 is 2.77 bits per heavy atom. The Kier molecular flexibility index (Phi) is 6.32. The first kappa shape index (κ1) is 21.2. The normalized spacial score (nSPS) is 20.3. The fraction of sp³-hybridized carbons (Fsp3) is 0.364. The van der Waals surface area contributed by atoms with Crippen LogP contribution in [0.3, 0.4) is 0 Å². The van der Waals surface area contributed by atoms with Crippen LogP contribution in [0.4, 0.5) is 4.39 Å². The highest BCUT2D eigenvalue weighted by atomic mass is 35.5. The van der Waals surface area contributed by atoms with E-state index in [2.05, 4.69) is 17.0 Å². The Morgan fingerprint density at radius 2 is 2.07 bits per heavy atom. The second-order valence-corrected chi connectivity index (χ2v) is 8.72. The molecule has 2 aromatic carbocycles. The maximum atomic E-state index is 14.2. The molecule has 4 rings (SSSR count). The number of hydrogen-bond acceptors (Lipinski definition) is 5. The molecule has 2 heterocycles. The average molecular weight is 448 g/mol. The van der Waals surface area contributed by atoms with Gasteiger partial charge in [0.2, 0.25) is 0 Å². The van der Waals surface area contributed by atoms with E-state index in [1.165, 1.54) is 12.1 Å².